The lowest BCUT2D eigenvalue weighted by molar-refractivity contribution is -0.141. The Kier molecular flexibility index (Phi) is 15.4. The SMILES string of the molecule is CCCN(CCC)C(=O)C1CC(C(N)=O)CC(C(=O)NC(CC2CC(F)CC(F)C2)C(O)CN(CC)NS(=O)(=O)C(C)C)C1. The van der Waals surface area contributed by atoms with E-state index < -0.39 is 75.2 Å². The largest absolute Gasteiger partial charge is 0.390 e. The van der Waals surface area contributed by atoms with Gasteiger partial charge < -0.3 is 21.1 Å². The first kappa shape index (κ1) is 38.3. The number of halogens is 2. The Labute approximate surface area is 262 Å². The Morgan fingerprint density at radius 1 is 0.909 bits per heavy atom. The van der Waals surface area contributed by atoms with Crippen molar-refractivity contribution in [3.63, 3.8) is 0 Å². The molecule has 2 saturated carbocycles. The zero-order valence-electron chi connectivity index (χ0n) is 27.0. The number of hydrazine groups is 1. The molecule has 0 spiro atoms. The van der Waals surface area contributed by atoms with Crippen molar-refractivity contribution >= 4 is 27.7 Å². The molecule has 14 heteroatoms. The van der Waals surface area contributed by atoms with Gasteiger partial charge in [-0.1, -0.05) is 20.8 Å². The van der Waals surface area contributed by atoms with E-state index in [9.17, 15) is 36.7 Å². The van der Waals surface area contributed by atoms with Gasteiger partial charge >= 0.3 is 0 Å². The first-order valence-electron chi connectivity index (χ1n) is 16.2. The first-order chi connectivity index (χ1) is 20.6. The highest BCUT2D eigenvalue weighted by molar-refractivity contribution is 7.90. The van der Waals surface area contributed by atoms with Crippen LogP contribution in [0.1, 0.15) is 92.4 Å². The lowest BCUT2D eigenvalue weighted by Crippen LogP contribution is -2.55. The van der Waals surface area contributed by atoms with E-state index in [-0.39, 0.29) is 63.9 Å². The van der Waals surface area contributed by atoms with E-state index in [0.717, 1.165) is 12.8 Å². The third-order valence-electron chi connectivity index (χ3n) is 8.86. The molecular weight excluding hydrogens is 596 g/mol. The second kappa shape index (κ2) is 17.7. The smallest absolute Gasteiger partial charge is 0.226 e. The number of primary amides is 1. The molecular formula is C30H55F2N5O6S. The number of aliphatic hydroxyl groups is 1. The quantitative estimate of drug-likeness (QED) is 0.176. The number of nitrogens with zero attached hydrogens (tertiary/aromatic N) is 2. The van der Waals surface area contributed by atoms with Gasteiger partial charge in [0.25, 0.3) is 0 Å². The molecule has 7 unspecified atom stereocenters. The van der Waals surface area contributed by atoms with Gasteiger partial charge in [-0.2, -0.15) is 0 Å². The lowest BCUT2D eigenvalue weighted by Gasteiger charge is -2.37. The Balaban J connectivity index is 2.28. The van der Waals surface area contributed by atoms with Crippen LogP contribution >= 0.6 is 0 Å². The van der Waals surface area contributed by atoms with E-state index in [1.54, 1.807) is 11.8 Å². The summed E-state index contributed by atoms with van der Waals surface area (Å²) in [5, 5.41) is 14.8. The molecule has 2 rings (SSSR count). The van der Waals surface area contributed by atoms with E-state index >= 15 is 0 Å². The number of carbonyl (C=O) groups is 3. The summed E-state index contributed by atoms with van der Waals surface area (Å²) >= 11 is 0. The van der Waals surface area contributed by atoms with Gasteiger partial charge in [0, 0.05) is 50.4 Å². The highest BCUT2D eigenvalue weighted by atomic mass is 32.2. The average molecular weight is 652 g/mol. The van der Waals surface area contributed by atoms with Crippen LogP contribution in [-0.4, -0.2) is 97.1 Å². The van der Waals surface area contributed by atoms with Crippen molar-refractivity contribution in [1.82, 2.24) is 20.1 Å². The summed E-state index contributed by atoms with van der Waals surface area (Å²) < 4.78 is 53.5. The minimum absolute atomic E-state index is 0.0807. The Morgan fingerprint density at radius 2 is 1.45 bits per heavy atom. The molecule has 5 N–H and O–H groups in total. The molecule has 0 radical (unpaired) electrons. The maximum atomic E-state index is 14.3. The standard InChI is InChI=1S/C30H55F2N5O6S/c1-6-9-36(10-7-2)30(41)23-15-21(28(33)39)14-22(16-23)29(40)34-26(13-20-11-24(31)17-25(32)12-20)27(38)18-37(8-3)35-44(42,43)19(4)5/h19-27,35,38H,6-18H2,1-5H3,(H2,33,39)(H,34,40). The first-order valence-corrected chi connectivity index (χ1v) is 17.8. The number of hydrogen-bond donors (Lipinski definition) is 4. The topological polar surface area (TPSA) is 162 Å². The number of rotatable bonds is 17. The molecule has 0 aliphatic heterocycles. The molecule has 0 saturated heterocycles. The third-order valence-corrected chi connectivity index (χ3v) is 10.6. The molecule has 2 aliphatic carbocycles. The van der Waals surface area contributed by atoms with Crippen LogP contribution in [0.4, 0.5) is 8.78 Å². The van der Waals surface area contributed by atoms with Crippen molar-refractivity contribution < 1.29 is 36.7 Å². The maximum absolute atomic E-state index is 14.3. The summed E-state index contributed by atoms with van der Waals surface area (Å²) in [6.07, 6.45) is -1.74. The number of nitrogens with one attached hydrogen (secondary N) is 2. The number of carbonyl (C=O) groups excluding carboxylic acids is 3. The maximum Gasteiger partial charge on any atom is 0.226 e. The minimum atomic E-state index is -3.71. The Morgan fingerprint density at radius 3 is 1.95 bits per heavy atom. The zero-order chi connectivity index (χ0) is 33.2. The van der Waals surface area contributed by atoms with Crippen LogP contribution < -0.4 is 15.9 Å². The molecule has 7 atom stereocenters. The molecule has 0 aromatic rings. The summed E-state index contributed by atoms with van der Waals surface area (Å²) in [5.74, 6) is -3.63. The number of aliphatic hydroxyl groups excluding tert-OH is 1. The zero-order valence-corrected chi connectivity index (χ0v) is 27.8. The van der Waals surface area contributed by atoms with Crippen LogP contribution in [0.15, 0.2) is 0 Å². The van der Waals surface area contributed by atoms with Gasteiger partial charge in [-0.15, -0.1) is 4.83 Å². The van der Waals surface area contributed by atoms with Crippen molar-refractivity contribution in [3.05, 3.63) is 0 Å². The molecule has 0 aromatic carbocycles. The van der Waals surface area contributed by atoms with Crippen molar-refractivity contribution in [2.24, 2.45) is 29.4 Å². The van der Waals surface area contributed by atoms with Crippen LogP contribution in [0.3, 0.4) is 0 Å². The minimum Gasteiger partial charge on any atom is -0.390 e. The van der Waals surface area contributed by atoms with E-state index in [1.165, 1.54) is 18.9 Å². The highest BCUT2D eigenvalue weighted by Crippen LogP contribution is 2.36. The van der Waals surface area contributed by atoms with Gasteiger partial charge in [-0.3, -0.25) is 14.4 Å². The van der Waals surface area contributed by atoms with Gasteiger partial charge in [0.1, 0.15) is 12.3 Å². The monoisotopic (exact) mass is 651 g/mol. The van der Waals surface area contributed by atoms with Gasteiger partial charge in [0.05, 0.1) is 17.4 Å². The Hall–Kier alpha value is -1.90. The molecule has 11 nitrogen and oxygen atoms in total. The van der Waals surface area contributed by atoms with Gasteiger partial charge in [0.15, 0.2) is 0 Å². The van der Waals surface area contributed by atoms with Crippen molar-refractivity contribution in [2.45, 2.75) is 122 Å². The number of hydrogen-bond acceptors (Lipinski definition) is 7. The fourth-order valence-corrected chi connectivity index (χ4v) is 7.19. The van der Waals surface area contributed by atoms with Crippen LogP contribution in [0.5, 0.6) is 0 Å². The summed E-state index contributed by atoms with van der Waals surface area (Å²) in [6.45, 7) is 9.85. The predicted octanol–water partition coefficient (Wildman–Crippen LogP) is 2.43. The number of alkyl halides is 2. The number of likely N-dealkylation sites (N-methyl/N-ethyl adjacent to an activating group) is 1. The van der Waals surface area contributed by atoms with Crippen molar-refractivity contribution in [2.75, 3.05) is 26.2 Å². The van der Waals surface area contributed by atoms with Crippen LogP contribution in [-0.2, 0) is 24.4 Å². The average Bonchev–Trinajstić information content (AvgIpc) is 2.94. The molecule has 3 amide bonds. The molecule has 2 aliphatic rings. The molecule has 256 valence electrons. The fourth-order valence-electron chi connectivity index (χ4n) is 6.42. The van der Waals surface area contributed by atoms with Crippen molar-refractivity contribution in [1.29, 1.82) is 0 Å². The Bertz CT molecular complexity index is 1030. The number of amides is 3. The fraction of sp³-hybridized carbons (Fsp3) is 0.900. The second-order valence-electron chi connectivity index (χ2n) is 12.9. The normalized spacial score (nSPS) is 27.6. The molecule has 0 heterocycles. The van der Waals surface area contributed by atoms with Gasteiger partial charge in [0.2, 0.25) is 27.7 Å². The van der Waals surface area contributed by atoms with Crippen LogP contribution in [0.25, 0.3) is 0 Å². The molecule has 0 bridgehead atoms. The summed E-state index contributed by atoms with van der Waals surface area (Å²) in [4.78, 5) is 43.7. The molecule has 0 aromatic heterocycles. The summed E-state index contributed by atoms with van der Waals surface area (Å²) in [6, 6.07) is -0.956. The third kappa shape index (κ3) is 11.5. The predicted molar refractivity (Wildman–Crippen MR) is 165 cm³/mol. The summed E-state index contributed by atoms with van der Waals surface area (Å²) in [7, 11) is -3.71. The van der Waals surface area contributed by atoms with Crippen molar-refractivity contribution in [3.8, 4) is 0 Å². The number of sulfonamides is 1. The van der Waals surface area contributed by atoms with Crippen LogP contribution in [0.2, 0.25) is 0 Å². The second-order valence-corrected chi connectivity index (χ2v) is 15.2. The van der Waals surface area contributed by atoms with Gasteiger partial charge in [-0.25, -0.2) is 22.2 Å². The van der Waals surface area contributed by atoms with E-state index in [2.05, 4.69) is 10.1 Å². The van der Waals surface area contributed by atoms with E-state index in [4.69, 9.17) is 5.73 Å². The van der Waals surface area contributed by atoms with E-state index in [0.29, 0.717) is 13.1 Å². The van der Waals surface area contributed by atoms with Gasteiger partial charge in [-0.05, 0) is 71.1 Å². The van der Waals surface area contributed by atoms with Crippen LogP contribution in [0, 0.1) is 23.7 Å². The summed E-state index contributed by atoms with van der Waals surface area (Å²) in [5.41, 5.74) is 5.66. The highest BCUT2D eigenvalue weighted by Gasteiger charge is 2.41. The lowest BCUT2D eigenvalue weighted by atomic mass is 9.73. The molecule has 44 heavy (non-hydrogen) atoms. The number of nitrogens with two attached hydrogens (primary N) is 1. The van der Waals surface area contributed by atoms with E-state index in [1.807, 2.05) is 13.8 Å². The molecule has 2 fully saturated rings.